The zero-order valence-electron chi connectivity index (χ0n) is 3.24. The van der Waals surface area contributed by atoms with Crippen molar-refractivity contribution in [2.45, 2.75) is 4.21 Å². The Hall–Kier alpha value is 0.110. The van der Waals surface area contributed by atoms with E-state index in [1.165, 1.54) is 0 Å². The second kappa shape index (κ2) is 1.92. The van der Waals surface area contributed by atoms with Crippen molar-refractivity contribution in [3.63, 3.8) is 0 Å². The molecule has 0 saturated heterocycles. The van der Waals surface area contributed by atoms with Crippen molar-refractivity contribution in [1.29, 1.82) is 0 Å². The Labute approximate surface area is 53.2 Å². The molecule has 0 aromatic carbocycles. The van der Waals surface area contributed by atoms with Crippen molar-refractivity contribution in [3.05, 3.63) is 5.21 Å². The molecule has 1 aliphatic rings. The first kappa shape index (κ1) is 5.25. The van der Waals surface area contributed by atoms with Crippen LogP contribution < -0.4 is 5.53 Å². The van der Waals surface area contributed by atoms with Crippen LogP contribution in [0.25, 0.3) is 0 Å². The molecule has 5 nitrogen and oxygen atoms in total. The standard InChI is InChI=1S/CH2N4OTe/c6-5-1(7)2-3-4-5/h1H,(H,2,4)/q-1. The quantitative estimate of drug-likeness (QED) is 0.532. The molecule has 0 aromatic heterocycles. The number of hydrogen-bond donors (Lipinski definition) is 1. The molecular weight excluding hydrogens is 212 g/mol. The normalized spacial score (nSPS) is 30.9. The van der Waals surface area contributed by atoms with Crippen molar-refractivity contribution in [2.24, 2.45) is 10.3 Å². The van der Waals surface area contributed by atoms with E-state index in [0.29, 0.717) is 5.17 Å². The van der Waals surface area contributed by atoms with Gasteiger partial charge in [0.05, 0.1) is 0 Å². The maximum absolute atomic E-state index is 10.2. The minimum atomic E-state index is -0.351. The van der Waals surface area contributed by atoms with Crippen molar-refractivity contribution in [2.75, 3.05) is 0 Å². The summed E-state index contributed by atoms with van der Waals surface area (Å²) in [6.45, 7) is 0. The molecule has 1 radical (unpaired) electrons. The molecule has 6 heteroatoms. The van der Waals surface area contributed by atoms with Crippen LogP contribution in [0.2, 0.25) is 0 Å². The minimum absolute atomic E-state index is 0.351. The van der Waals surface area contributed by atoms with E-state index in [1.807, 2.05) is 0 Å². The topological polar surface area (TPSA) is 63.0 Å². The van der Waals surface area contributed by atoms with Crippen LogP contribution in [-0.4, -0.2) is 31.7 Å². The van der Waals surface area contributed by atoms with Gasteiger partial charge in [-0.05, 0) is 0 Å². The van der Waals surface area contributed by atoms with E-state index in [-0.39, 0.29) is 4.21 Å². The summed E-state index contributed by atoms with van der Waals surface area (Å²) >= 11 is 1.58. The second-order valence-corrected chi connectivity index (χ2v) is 2.17. The summed E-state index contributed by atoms with van der Waals surface area (Å²) in [6, 6.07) is 0. The molecule has 7 heavy (non-hydrogen) atoms. The fraction of sp³-hybridized carbons (Fsp3) is 1.00. The first-order valence-electron chi connectivity index (χ1n) is 1.58. The Bertz CT molecular complexity index is 93.7. The second-order valence-electron chi connectivity index (χ2n) is 0.968. The van der Waals surface area contributed by atoms with E-state index in [4.69, 9.17) is 0 Å². The van der Waals surface area contributed by atoms with Gasteiger partial charge in [0.25, 0.3) is 0 Å². The molecule has 0 spiro atoms. The van der Waals surface area contributed by atoms with Gasteiger partial charge in [-0.1, -0.05) is 0 Å². The Kier molecular flexibility index (Phi) is 1.44. The molecule has 0 saturated carbocycles. The molecule has 1 heterocycles. The van der Waals surface area contributed by atoms with Gasteiger partial charge in [-0.15, -0.1) is 0 Å². The third kappa shape index (κ3) is 1.01. The number of hydrazine groups is 1. The first-order valence-corrected chi connectivity index (χ1v) is 2.93. The monoisotopic (exact) mass is 216 g/mol. The van der Waals surface area contributed by atoms with Crippen LogP contribution in [0.3, 0.4) is 0 Å². The number of nitrogens with zero attached hydrogens (tertiary/aromatic N) is 3. The average molecular weight is 214 g/mol. The van der Waals surface area contributed by atoms with Gasteiger partial charge in [0, 0.05) is 0 Å². The number of nitrogens with one attached hydrogen (secondary N) is 1. The van der Waals surface area contributed by atoms with E-state index in [1.54, 1.807) is 22.3 Å². The molecule has 0 fully saturated rings. The van der Waals surface area contributed by atoms with Gasteiger partial charge in [-0.3, -0.25) is 0 Å². The van der Waals surface area contributed by atoms with Crippen molar-refractivity contribution in [3.8, 4) is 0 Å². The van der Waals surface area contributed by atoms with Gasteiger partial charge in [-0.2, -0.15) is 0 Å². The predicted octanol–water partition coefficient (Wildman–Crippen LogP) is -0.876. The molecule has 1 N–H and O–H groups in total. The summed E-state index contributed by atoms with van der Waals surface area (Å²) in [5, 5.41) is 17.5. The van der Waals surface area contributed by atoms with E-state index >= 15 is 0 Å². The molecule has 1 aliphatic heterocycles. The van der Waals surface area contributed by atoms with E-state index in [0.717, 1.165) is 0 Å². The van der Waals surface area contributed by atoms with Gasteiger partial charge in [-0.25, -0.2) is 0 Å². The van der Waals surface area contributed by atoms with Crippen molar-refractivity contribution in [1.82, 2.24) is 10.7 Å². The fourth-order valence-electron chi connectivity index (χ4n) is 0.216. The number of hydroxylamine groups is 1. The average Bonchev–Trinajstić information content (AvgIpc) is 1.91. The summed E-state index contributed by atoms with van der Waals surface area (Å²) in [7, 11) is 0. The molecule has 1 atom stereocenters. The van der Waals surface area contributed by atoms with Gasteiger partial charge in [0.1, 0.15) is 0 Å². The Balaban J connectivity index is 2.45. The van der Waals surface area contributed by atoms with Gasteiger partial charge < -0.3 is 0 Å². The molecule has 0 amide bonds. The fourth-order valence-corrected chi connectivity index (χ4v) is 0.485. The SMILES string of the molecule is [O-]N1NN=NC1[Te]. The zero-order valence-corrected chi connectivity index (χ0v) is 5.57. The first-order chi connectivity index (χ1) is 3.30. The zero-order chi connectivity index (χ0) is 5.28. The number of rotatable bonds is 0. The van der Waals surface area contributed by atoms with Crippen molar-refractivity contribution < 1.29 is 0 Å². The van der Waals surface area contributed by atoms with Gasteiger partial charge in [0.2, 0.25) is 0 Å². The number of hydrogen-bond acceptors (Lipinski definition) is 5. The van der Waals surface area contributed by atoms with Crippen LogP contribution in [0.4, 0.5) is 0 Å². The molecule has 39 valence electrons. The molecule has 0 bridgehead atoms. The van der Waals surface area contributed by atoms with Gasteiger partial charge >= 0.3 is 52.8 Å². The molecule has 1 rings (SSSR count). The van der Waals surface area contributed by atoms with Crippen LogP contribution in [0.15, 0.2) is 10.3 Å². The van der Waals surface area contributed by atoms with Crippen molar-refractivity contribution >= 4 is 22.3 Å². The third-order valence-electron chi connectivity index (χ3n) is 0.500. The molecule has 0 aromatic rings. The Morgan fingerprint density at radius 2 is 2.57 bits per heavy atom. The van der Waals surface area contributed by atoms with E-state index in [9.17, 15) is 5.21 Å². The molecular formula is CH2N4OTe-. The van der Waals surface area contributed by atoms with Crippen LogP contribution in [0.1, 0.15) is 0 Å². The summed E-state index contributed by atoms with van der Waals surface area (Å²) < 4.78 is -0.351. The van der Waals surface area contributed by atoms with Crippen LogP contribution in [-0.2, 0) is 0 Å². The summed E-state index contributed by atoms with van der Waals surface area (Å²) in [5.74, 6) is 0. The Morgan fingerprint density at radius 1 is 1.86 bits per heavy atom. The van der Waals surface area contributed by atoms with Crippen LogP contribution in [0, 0.1) is 5.21 Å². The van der Waals surface area contributed by atoms with E-state index < -0.39 is 0 Å². The summed E-state index contributed by atoms with van der Waals surface area (Å²) in [6.07, 6.45) is 0. The molecule has 1 unspecified atom stereocenters. The van der Waals surface area contributed by atoms with Crippen LogP contribution in [0.5, 0.6) is 0 Å². The third-order valence-corrected chi connectivity index (χ3v) is 1.32. The predicted molar refractivity (Wildman–Crippen MR) is 22.7 cm³/mol. The van der Waals surface area contributed by atoms with Gasteiger partial charge in [0.15, 0.2) is 0 Å². The summed E-state index contributed by atoms with van der Waals surface area (Å²) in [5.41, 5.74) is 2.11. The molecule has 0 aliphatic carbocycles. The Morgan fingerprint density at radius 3 is 2.71 bits per heavy atom. The van der Waals surface area contributed by atoms with E-state index in [2.05, 4.69) is 15.9 Å². The maximum atomic E-state index is 10.2. The van der Waals surface area contributed by atoms with Crippen LogP contribution >= 0.6 is 0 Å². The summed E-state index contributed by atoms with van der Waals surface area (Å²) in [4.78, 5) is 0.